The topological polar surface area (TPSA) is 46.9 Å². The van der Waals surface area contributed by atoms with E-state index in [-0.39, 0.29) is 5.91 Å². The maximum absolute atomic E-state index is 12.4. The zero-order valence-corrected chi connectivity index (χ0v) is 15.3. The fourth-order valence-electron chi connectivity index (χ4n) is 2.62. The molecule has 0 bridgehead atoms. The van der Waals surface area contributed by atoms with Gasteiger partial charge in [-0.05, 0) is 54.8 Å². The van der Waals surface area contributed by atoms with Crippen molar-refractivity contribution in [2.45, 2.75) is 20.4 Å². The molecule has 0 atom stereocenters. The van der Waals surface area contributed by atoms with Gasteiger partial charge in [-0.15, -0.1) is 0 Å². The van der Waals surface area contributed by atoms with Crippen LogP contribution in [0.3, 0.4) is 0 Å². The average molecular weight is 354 g/mol. The molecule has 0 saturated heterocycles. The molecule has 2 aromatic carbocycles. The third kappa shape index (κ3) is 3.91. The monoisotopic (exact) mass is 353 g/mol. The number of rotatable bonds is 4. The minimum absolute atomic E-state index is 0.194. The van der Waals surface area contributed by atoms with Gasteiger partial charge in [-0.3, -0.25) is 9.48 Å². The Morgan fingerprint density at radius 3 is 2.48 bits per heavy atom. The molecule has 0 spiro atoms. The Hall–Kier alpha value is -2.59. The van der Waals surface area contributed by atoms with E-state index in [1.165, 1.54) is 11.1 Å². The summed E-state index contributed by atoms with van der Waals surface area (Å²) in [5, 5.41) is 7.92. The van der Waals surface area contributed by atoms with Crippen LogP contribution in [0, 0.1) is 13.8 Å². The first kappa shape index (κ1) is 17.2. The number of halogens is 1. The summed E-state index contributed by atoms with van der Waals surface area (Å²) in [6.45, 7) is 4.60. The molecule has 1 N–H and O–H groups in total. The first-order valence-corrected chi connectivity index (χ1v) is 8.46. The van der Waals surface area contributed by atoms with Crippen LogP contribution in [0.15, 0.2) is 48.5 Å². The van der Waals surface area contributed by atoms with E-state index in [2.05, 4.69) is 42.5 Å². The van der Waals surface area contributed by atoms with Crippen LogP contribution < -0.4 is 5.32 Å². The Labute approximate surface area is 152 Å². The van der Waals surface area contributed by atoms with Crippen LogP contribution in [0.2, 0.25) is 5.02 Å². The largest absolute Gasteiger partial charge is 0.347 e. The maximum atomic E-state index is 12.4. The molecule has 5 heteroatoms. The smallest absolute Gasteiger partial charge is 0.272 e. The van der Waals surface area contributed by atoms with Crippen LogP contribution >= 0.6 is 11.6 Å². The van der Waals surface area contributed by atoms with E-state index >= 15 is 0 Å². The van der Waals surface area contributed by atoms with E-state index in [0.717, 1.165) is 16.8 Å². The molecule has 0 unspecified atom stereocenters. The zero-order valence-electron chi connectivity index (χ0n) is 14.5. The number of amides is 1. The molecule has 0 fully saturated rings. The normalized spacial score (nSPS) is 10.7. The van der Waals surface area contributed by atoms with Gasteiger partial charge in [0.05, 0.1) is 5.69 Å². The predicted octanol–water partition coefficient (Wildman–Crippen LogP) is 4.29. The molecular formula is C20H20ClN3O. The maximum Gasteiger partial charge on any atom is 0.272 e. The second-order valence-electron chi connectivity index (χ2n) is 6.15. The van der Waals surface area contributed by atoms with Crippen molar-refractivity contribution in [2.75, 3.05) is 0 Å². The van der Waals surface area contributed by atoms with Gasteiger partial charge < -0.3 is 5.32 Å². The Bertz CT molecular complexity index is 913. The van der Waals surface area contributed by atoms with Crippen LogP contribution in [-0.2, 0) is 13.6 Å². The highest BCUT2D eigenvalue weighted by molar-refractivity contribution is 6.30. The molecule has 0 aliphatic heterocycles. The van der Waals surface area contributed by atoms with Crippen LogP contribution in [0.25, 0.3) is 11.3 Å². The molecule has 1 heterocycles. The van der Waals surface area contributed by atoms with Gasteiger partial charge in [0.25, 0.3) is 5.91 Å². The van der Waals surface area contributed by atoms with Crippen LogP contribution in [0.1, 0.15) is 27.2 Å². The first-order valence-electron chi connectivity index (χ1n) is 8.08. The summed E-state index contributed by atoms with van der Waals surface area (Å²) in [6.07, 6.45) is 0. The quantitative estimate of drug-likeness (QED) is 0.760. The molecule has 25 heavy (non-hydrogen) atoms. The van der Waals surface area contributed by atoms with Crippen molar-refractivity contribution >= 4 is 17.5 Å². The summed E-state index contributed by atoms with van der Waals surface area (Å²) in [5.74, 6) is -0.194. The predicted molar refractivity (Wildman–Crippen MR) is 101 cm³/mol. The van der Waals surface area contributed by atoms with E-state index < -0.39 is 0 Å². The lowest BCUT2D eigenvalue weighted by atomic mass is 10.0. The van der Waals surface area contributed by atoms with Gasteiger partial charge in [0, 0.05) is 24.2 Å². The molecule has 3 rings (SSSR count). The van der Waals surface area contributed by atoms with Gasteiger partial charge in [-0.25, -0.2) is 0 Å². The van der Waals surface area contributed by atoms with Gasteiger partial charge in [0.15, 0.2) is 5.69 Å². The summed E-state index contributed by atoms with van der Waals surface area (Å²) in [6, 6.07) is 15.5. The third-order valence-electron chi connectivity index (χ3n) is 4.28. The molecule has 0 aliphatic rings. The van der Waals surface area contributed by atoms with E-state index in [1.54, 1.807) is 4.68 Å². The van der Waals surface area contributed by atoms with Gasteiger partial charge in [0.2, 0.25) is 0 Å². The van der Waals surface area contributed by atoms with Crippen LogP contribution in [-0.4, -0.2) is 15.7 Å². The van der Waals surface area contributed by atoms with Crippen LogP contribution in [0.4, 0.5) is 0 Å². The van der Waals surface area contributed by atoms with Crippen molar-refractivity contribution in [1.82, 2.24) is 15.1 Å². The Morgan fingerprint density at radius 1 is 1.08 bits per heavy atom. The molecule has 128 valence electrons. The van der Waals surface area contributed by atoms with E-state index in [9.17, 15) is 4.79 Å². The van der Waals surface area contributed by atoms with Gasteiger partial charge >= 0.3 is 0 Å². The summed E-state index contributed by atoms with van der Waals surface area (Å²) in [5.41, 5.74) is 5.82. The van der Waals surface area contributed by atoms with E-state index in [4.69, 9.17) is 11.6 Å². The second-order valence-corrected chi connectivity index (χ2v) is 6.58. The van der Waals surface area contributed by atoms with Crippen molar-refractivity contribution in [1.29, 1.82) is 0 Å². The molecule has 0 radical (unpaired) electrons. The van der Waals surface area contributed by atoms with Gasteiger partial charge in [0.1, 0.15) is 0 Å². The number of hydrogen-bond acceptors (Lipinski definition) is 2. The van der Waals surface area contributed by atoms with Crippen molar-refractivity contribution in [3.05, 3.63) is 75.9 Å². The minimum atomic E-state index is -0.194. The number of benzene rings is 2. The number of carbonyl (C=O) groups excluding carboxylic acids is 1. The lowest BCUT2D eigenvalue weighted by molar-refractivity contribution is 0.0945. The van der Waals surface area contributed by atoms with E-state index in [0.29, 0.717) is 17.3 Å². The first-order chi connectivity index (χ1) is 11.9. The fourth-order valence-corrected chi connectivity index (χ4v) is 2.75. The van der Waals surface area contributed by atoms with Crippen molar-refractivity contribution in [2.24, 2.45) is 7.05 Å². The number of carbonyl (C=O) groups is 1. The zero-order chi connectivity index (χ0) is 18.0. The summed E-state index contributed by atoms with van der Waals surface area (Å²) < 4.78 is 1.74. The lowest BCUT2D eigenvalue weighted by Gasteiger charge is -2.05. The molecule has 1 amide bonds. The number of aromatic nitrogens is 2. The van der Waals surface area contributed by atoms with Gasteiger partial charge in [-0.2, -0.15) is 5.10 Å². The van der Waals surface area contributed by atoms with E-state index in [1.807, 2.05) is 37.4 Å². The van der Waals surface area contributed by atoms with Crippen LogP contribution in [0.5, 0.6) is 0 Å². The van der Waals surface area contributed by atoms with Crippen molar-refractivity contribution in [3.63, 3.8) is 0 Å². The highest BCUT2D eigenvalue weighted by Gasteiger charge is 2.14. The Kier molecular flexibility index (Phi) is 4.91. The van der Waals surface area contributed by atoms with Gasteiger partial charge in [-0.1, -0.05) is 35.9 Å². The summed E-state index contributed by atoms with van der Waals surface area (Å²) in [7, 11) is 1.85. The second kappa shape index (κ2) is 7.11. The number of nitrogens with one attached hydrogen (secondary N) is 1. The molecule has 0 saturated carbocycles. The Morgan fingerprint density at radius 2 is 1.80 bits per heavy atom. The highest BCUT2D eigenvalue weighted by Crippen LogP contribution is 2.22. The summed E-state index contributed by atoms with van der Waals surface area (Å²) in [4.78, 5) is 12.4. The molecular weight excluding hydrogens is 334 g/mol. The summed E-state index contributed by atoms with van der Waals surface area (Å²) >= 11 is 5.87. The number of aryl methyl sites for hydroxylation is 3. The number of nitrogens with zero attached hydrogens (tertiary/aromatic N) is 2. The molecule has 4 nitrogen and oxygen atoms in total. The molecule has 3 aromatic rings. The average Bonchev–Trinajstić information content (AvgIpc) is 2.98. The fraction of sp³-hybridized carbons (Fsp3) is 0.200. The number of hydrogen-bond donors (Lipinski definition) is 1. The Balaban J connectivity index is 1.75. The molecule has 1 aromatic heterocycles. The highest BCUT2D eigenvalue weighted by atomic mass is 35.5. The lowest BCUT2D eigenvalue weighted by Crippen LogP contribution is -2.23. The SMILES string of the molecule is Cc1ccc(-c2cc(C(=O)NCc3ccc(Cl)cc3)nn2C)cc1C. The minimum Gasteiger partial charge on any atom is -0.347 e. The van der Waals surface area contributed by atoms with Crippen molar-refractivity contribution < 1.29 is 4.79 Å². The third-order valence-corrected chi connectivity index (χ3v) is 4.53. The molecule has 0 aliphatic carbocycles. The standard InChI is InChI=1S/C20H20ClN3O/c1-13-4-7-16(10-14(13)2)19-11-18(23-24(19)3)20(25)22-12-15-5-8-17(21)9-6-15/h4-11H,12H2,1-3H3,(H,22,25). The van der Waals surface area contributed by atoms with Crippen molar-refractivity contribution in [3.8, 4) is 11.3 Å².